The van der Waals surface area contributed by atoms with E-state index in [0.717, 1.165) is 34.0 Å². The van der Waals surface area contributed by atoms with Gasteiger partial charge in [0.2, 0.25) is 5.91 Å². The average Bonchev–Trinajstić information content (AvgIpc) is 3.01. The van der Waals surface area contributed by atoms with E-state index in [2.05, 4.69) is 10.3 Å². The number of halogens is 1. The molecule has 3 N–H and O–H groups in total. The van der Waals surface area contributed by atoms with Gasteiger partial charge in [0.05, 0.1) is 18.3 Å². The zero-order valence-corrected chi connectivity index (χ0v) is 15.7. The number of aromatic nitrogens is 1. The van der Waals surface area contributed by atoms with E-state index in [4.69, 9.17) is 22.1 Å². The van der Waals surface area contributed by atoms with Gasteiger partial charge in [0.25, 0.3) is 0 Å². The van der Waals surface area contributed by atoms with Crippen LogP contribution >= 0.6 is 22.9 Å². The number of aryl methyl sites for hydroxylation is 1. The fourth-order valence-corrected chi connectivity index (χ4v) is 3.99. The molecule has 7 heteroatoms. The van der Waals surface area contributed by atoms with Gasteiger partial charge in [0.1, 0.15) is 5.01 Å². The van der Waals surface area contributed by atoms with Gasteiger partial charge < -0.3 is 15.8 Å². The molecule has 3 rings (SSSR count). The van der Waals surface area contributed by atoms with Crippen LogP contribution in [-0.2, 0) is 16.1 Å². The minimum Gasteiger partial charge on any atom is -0.381 e. The molecule has 134 valence electrons. The van der Waals surface area contributed by atoms with Crippen molar-refractivity contribution in [1.82, 2.24) is 10.3 Å². The summed E-state index contributed by atoms with van der Waals surface area (Å²) in [7, 11) is 0. The van der Waals surface area contributed by atoms with Crippen LogP contribution in [0.15, 0.2) is 24.3 Å². The summed E-state index contributed by atoms with van der Waals surface area (Å²) in [4.78, 5) is 18.1. The van der Waals surface area contributed by atoms with Crippen molar-refractivity contribution in [1.29, 1.82) is 0 Å². The lowest BCUT2D eigenvalue weighted by Gasteiger charge is -2.26. The SMILES string of the molecule is Cc1sc(CNC(=O)C(N)C2CCOCC2)nc1-c1ccc(Cl)cc1. The van der Waals surface area contributed by atoms with Crippen LogP contribution in [0.3, 0.4) is 0 Å². The summed E-state index contributed by atoms with van der Waals surface area (Å²) >= 11 is 7.52. The van der Waals surface area contributed by atoms with Gasteiger partial charge in [-0.15, -0.1) is 11.3 Å². The van der Waals surface area contributed by atoms with Crippen molar-refractivity contribution < 1.29 is 9.53 Å². The zero-order chi connectivity index (χ0) is 17.8. The lowest BCUT2D eigenvalue weighted by molar-refractivity contribution is -0.124. The van der Waals surface area contributed by atoms with Gasteiger partial charge in [0, 0.05) is 28.7 Å². The highest BCUT2D eigenvalue weighted by molar-refractivity contribution is 7.12. The van der Waals surface area contributed by atoms with Gasteiger partial charge in [-0.25, -0.2) is 4.98 Å². The first-order chi connectivity index (χ1) is 12.0. The number of amides is 1. The Kier molecular flexibility index (Phi) is 6.06. The van der Waals surface area contributed by atoms with Gasteiger partial charge in [-0.2, -0.15) is 0 Å². The maximum absolute atomic E-state index is 12.3. The van der Waals surface area contributed by atoms with Crippen LogP contribution in [0.4, 0.5) is 0 Å². The Labute approximate surface area is 156 Å². The minimum atomic E-state index is -0.485. The summed E-state index contributed by atoms with van der Waals surface area (Å²) in [5.74, 6) is 0.0733. The number of ether oxygens (including phenoxy) is 1. The van der Waals surface area contributed by atoms with E-state index in [-0.39, 0.29) is 11.8 Å². The molecule has 1 aliphatic heterocycles. The predicted molar refractivity (Wildman–Crippen MR) is 101 cm³/mol. The Balaban J connectivity index is 1.60. The molecular weight excluding hydrogens is 358 g/mol. The van der Waals surface area contributed by atoms with E-state index >= 15 is 0 Å². The van der Waals surface area contributed by atoms with Crippen LogP contribution < -0.4 is 11.1 Å². The smallest absolute Gasteiger partial charge is 0.237 e. The predicted octanol–water partition coefficient (Wildman–Crippen LogP) is 3.14. The number of rotatable bonds is 5. The monoisotopic (exact) mass is 379 g/mol. The second-order valence-corrected chi connectivity index (χ2v) is 7.94. The molecule has 1 amide bonds. The minimum absolute atomic E-state index is 0.118. The number of nitrogens with two attached hydrogens (primary N) is 1. The first-order valence-corrected chi connectivity index (χ1v) is 9.57. The molecule has 1 atom stereocenters. The first-order valence-electron chi connectivity index (χ1n) is 8.38. The Bertz CT molecular complexity index is 726. The topological polar surface area (TPSA) is 77.2 Å². The van der Waals surface area contributed by atoms with E-state index in [1.54, 1.807) is 11.3 Å². The molecule has 2 aromatic rings. The zero-order valence-electron chi connectivity index (χ0n) is 14.1. The molecule has 0 spiro atoms. The van der Waals surface area contributed by atoms with E-state index in [1.807, 2.05) is 31.2 Å². The maximum Gasteiger partial charge on any atom is 0.237 e. The molecular formula is C18H22ClN3O2S. The van der Waals surface area contributed by atoms with Crippen LogP contribution in [0.25, 0.3) is 11.3 Å². The number of thiazole rings is 1. The summed E-state index contributed by atoms with van der Waals surface area (Å²) in [6.45, 7) is 3.79. The third kappa shape index (κ3) is 4.58. The average molecular weight is 380 g/mol. The molecule has 0 bridgehead atoms. The summed E-state index contributed by atoms with van der Waals surface area (Å²) < 4.78 is 5.32. The van der Waals surface area contributed by atoms with Gasteiger partial charge in [-0.3, -0.25) is 4.79 Å². The van der Waals surface area contributed by atoms with Crippen LogP contribution in [0.1, 0.15) is 22.7 Å². The van der Waals surface area contributed by atoms with Crippen molar-refractivity contribution >= 4 is 28.8 Å². The molecule has 2 heterocycles. The quantitative estimate of drug-likeness (QED) is 0.836. The Morgan fingerprint density at radius 3 is 2.76 bits per heavy atom. The van der Waals surface area contributed by atoms with Crippen molar-refractivity contribution in [2.45, 2.75) is 32.4 Å². The molecule has 1 saturated heterocycles. The van der Waals surface area contributed by atoms with Crippen molar-refractivity contribution in [3.05, 3.63) is 39.2 Å². The van der Waals surface area contributed by atoms with Gasteiger partial charge >= 0.3 is 0 Å². The summed E-state index contributed by atoms with van der Waals surface area (Å²) in [5, 5.41) is 4.49. The highest BCUT2D eigenvalue weighted by atomic mass is 35.5. The van der Waals surface area contributed by atoms with Crippen molar-refractivity contribution in [3.63, 3.8) is 0 Å². The number of nitrogens with zero attached hydrogens (tertiary/aromatic N) is 1. The number of carbonyl (C=O) groups excluding carboxylic acids is 1. The fourth-order valence-electron chi connectivity index (χ4n) is 2.97. The van der Waals surface area contributed by atoms with Gasteiger partial charge in [-0.05, 0) is 37.8 Å². The number of benzene rings is 1. The molecule has 0 radical (unpaired) electrons. The lowest BCUT2D eigenvalue weighted by Crippen LogP contribution is -2.46. The summed E-state index contributed by atoms with van der Waals surface area (Å²) in [5.41, 5.74) is 8.05. The normalized spacial score (nSPS) is 16.6. The number of hydrogen-bond donors (Lipinski definition) is 2. The second kappa shape index (κ2) is 8.27. The Morgan fingerprint density at radius 2 is 2.08 bits per heavy atom. The van der Waals surface area contributed by atoms with Crippen LogP contribution in [0, 0.1) is 12.8 Å². The van der Waals surface area contributed by atoms with Crippen LogP contribution in [0.2, 0.25) is 5.02 Å². The number of carbonyl (C=O) groups is 1. The van der Waals surface area contributed by atoms with Crippen LogP contribution in [0.5, 0.6) is 0 Å². The molecule has 0 aliphatic carbocycles. The van der Waals surface area contributed by atoms with Crippen molar-refractivity contribution in [2.75, 3.05) is 13.2 Å². The Hall–Kier alpha value is -1.47. The van der Waals surface area contributed by atoms with Crippen LogP contribution in [-0.4, -0.2) is 30.1 Å². The molecule has 1 aromatic heterocycles. The molecule has 1 aliphatic rings. The molecule has 5 nitrogen and oxygen atoms in total. The summed E-state index contributed by atoms with van der Waals surface area (Å²) in [6, 6.07) is 7.12. The highest BCUT2D eigenvalue weighted by Gasteiger charge is 2.26. The number of nitrogens with one attached hydrogen (secondary N) is 1. The van der Waals surface area contributed by atoms with Crippen molar-refractivity contribution in [3.8, 4) is 11.3 Å². The van der Waals surface area contributed by atoms with E-state index in [1.165, 1.54) is 0 Å². The molecule has 1 unspecified atom stereocenters. The standard InChI is InChI=1S/C18H22ClN3O2S/c1-11-17(13-2-4-14(19)5-3-13)22-15(25-11)10-21-18(23)16(20)12-6-8-24-9-7-12/h2-5,12,16H,6-10,20H2,1H3,(H,21,23). The lowest BCUT2D eigenvalue weighted by atomic mass is 9.92. The largest absolute Gasteiger partial charge is 0.381 e. The molecule has 0 saturated carbocycles. The third-order valence-electron chi connectivity index (χ3n) is 4.45. The first kappa shape index (κ1) is 18.3. The Morgan fingerprint density at radius 1 is 1.40 bits per heavy atom. The molecule has 25 heavy (non-hydrogen) atoms. The van der Waals surface area contributed by atoms with Crippen molar-refractivity contribution in [2.24, 2.45) is 11.7 Å². The highest BCUT2D eigenvalue weighted by Crippen LogP contribution is 2.28. The molecule has 1 aromatic carbocycles. The van der Waals surface area contributed by atoms with E-state index < -0.39 is 6.04 Å². The number of hydrogen-bond acceptors (Lipinski definition) is 5. The van der Waals surface area contributed by atoms with E-state index in [0.29, 0.717) is 24.8 Å². The molecule has 1 fully saturated rings. The van der Waals surface area contributed by atoms with Gasteiger partial charge in [-0.1, -0.05) is 23.7 Å². The second-order valence-electron chi connectivity index (χ2n) is 6.21. The van der Waals surface area contributed by atoms with E-state index in [9.17, 15) is 4.79 Å². The maximum atomic E-state index is 12.3. The third-order valence-corrected chi connectivity index (χ3v) is 5.67. The summed E-state index contributed by atoms with van der Waals surface area (Å²) in [6.07, 6.45) is 1.68. The van der Waals surface area contributed by atoms with Gasteiger partial charge in [0.15, 0.2) is 0 Å². The fraction of sp³-hybridized carbons (Fsp3) is 0.444.